The summed E-state index contributed by atoms with van der Waals surface area (Å²) in [4.78, 5) is 25.0. The zero-order chi connectivity index (χ0) is 15.6. The van der Waals surface area contributed by atoms with E-state index < -0.39 is 12.0 Å². The van der Waals surface area contributed by atoms with Crippen LogP contribution in [0.3, 0.4) is 0 Å². The lowest BCUT2D eigenvalue weighted by Crippen LogP contribution is -2.44. The lowest BCUT2D eigenvalue weighted by molar-refractivity contribution is -0.142. The van der Waals surface area contributed by atoms with E-state index in [4.69, 9.17) is 5.11 Å². The van der Waals surface area contributed by atoms with Gasteiger partial charge in [-0.25, -0.2) is 0 Å². The van der Waals surface area contributed by atoms with Crippen molar-refractivity contribution in [3.05, 3.63) is 35.9 Å². The van der Waals surface area contributed by atoms with Gasteiger partial charge in [0.25, 0.3) is 0 Å². The Morgan fingerprint density at radius 2 is 2.00 bits per heavy atom. The molecule has 2 fully saturated rings. The molecule has 1 amide bonds. The molecule has 1 heterocycles. The first-order valence-electron chi connectivity index (χ1n) is 7.90. The number of carbonyl (C=O) groups is 2. The summed E-state index contributed by atoms with van der Waals surface area (Å²) < 4.78 is 0. The molecule has 1 aromatic rings. The summed E-state index contributed by atoms with van der Waals surface area (Å²) in [5.41, 5.74) is 1.37. The molecule has 5 nitrogen and oxygen atoms in total. The second kappa shape index (κ2) is 6.08. The number of benzene rings is 1. The van der Waals surface area contributed by atoms with E-state index in [1.807, 2.05) is 18.2 Å². The molecule has 1 aliphatic carbocycles. The van der Waals surface area contributed by atoms with Gasteiger partial charge in [0.1, 0.15) is 6.04 Å². The molecule has 0 bridgehead atoms. The first-order valence-corrected chi connectivity index (χ1v) is 7.90. The van der Waals surface area contributed by atoms with Gasteiger partial charge in [-0.2, -0.15) is 0 Å². The topological polar surface area (TPSA) is 69.6 Å². The van der Waals surface area contributed by atoms with Crippen LogP contribution in [0.1, 0.15) is 31.2 Å². The number of carboxylic acids is 1. The molecule has 0 unspecified atom stereocenters. The van der Waals surface area contributed by atoms with Crippen LogP contribution >= 0.6 is 0 Å². The van der Waals surface area contributed by atoms with Crippen LogP contribution in [0, 0.1) is 0 Å². The van der Waals surface area contributed by atoms with Crippen molar-refractivity contribution in [1.29, 1.82) is 0 Å². The third kappa shape index (κ3) is 3.14. The van der Waals surface area contributed by atoms with Crippen molar-refractivity contribution in [3.63, 3.8) is 0 Å². The molecular weight excluding hydrogens is 280 g/mol. The van der Waals surface area contributed by atoms with Crippen LogP contribution in [-0.4, -0.2) is 47.6 Å². The highest BCUT2D eigenvalue weighted by Crippen LogP contribution is 2.47. The average Bonchev–Trinajstić information content (AvgIpc) is 3.18. The summed E-state index contributed by atoms with van der Waals surface area (Å²) in [7, 11) is 0. The van der Waals surface area contributed by atoms with Crippen molar-refractivity contribution in [2.24, 2.45) is 0 Å². The van der Waals surface area contributed by atoms with Gasteiger partial charge in [0.2, 0.25) is 5.91 Å². The van der Waals surface area contributed by atoms with Gasteiger partial charge < -0.3 is 10.4 Å². The monoisotopic (exact) mass is 302 g/mol. The van der Waals surface area contributed by atoms with E-state index in [-0.39, 0.29) is 17.9 Å². The van der Waals surface area contributed by atoms with Crippen LogP contribution in [0.4, 0.5) is 0 Å². The van der Waals surface area contributed by atoms with Crippen molar-refractivity contribution in [2.75, 3.05) is 19.6 Å². The van der Waals surface area contributed by atoms with Gasteiger partial charge >= 0.3 is 5.97 Å². The molecule has 1 saturated carbocycles. The van der Waals surface area contributed by atoms with E-state index in [2.05, 4.69) is 17.4 Å². The Morgan fingerprint density at radius 3 is 2.64 bits per heavy atom. The van der Waals surface area contributed by atoms with E-state index in [0.717, 1.165) is 19.3 Å². The van der Waals surface area contributed by atoms with Gasteiger partial charge in [-0.3, -0.25) is 14.5 Å². The highest BCUT2D eigenvalue weighted by molar-refractivity contribution is 5.80. The molecule has 118 valence electrons. The number of nitrogens with one attached hydrogen (secondary N) is 1. The summed E-state index contributed by atoms with van der Waals surface area (Å²) in [5.74, 6) is -0.899. The fourth-order valence-electron chi connectivity index (χ4n) is 3.31. The largest absolute Gasteiger partial charge is 0.480 e. The fourth-order valence-corrected chi connectivity index (χ4v) is 3.31. The number of rotatable bonds is 6. The van der Waals surface area contributed by atoms with E-state index in [9.17, 15) is 9.59 Å². The molecule has 5 heteroatoms. The summed E-state index contributed by atoms with van der Waals surface area (Å²) in [6.07, 6.45) is 3.67. The SMILES string of the molecule is O=C(CN1CCC[C@H]1C(=O)O)NCC1(c2ccccc2)CC1. The molecule has 1 aromatic carbocycles. The molecule has 2 aliphatic rings. The standard InChI is InChI=1S/C17H22N2O3/c20-15(11-19-10-4-7-14(19)16(21)22)18-12-17(8-9-17)13-5-2-1-3-6-13/h1-3,5-6,14H,4,7-12H2,(H,18,20)(H,21,22)/t14-/m0/s1. The highest BCUT2D eigenvalue weighted by atomic mass is 16.4. The lowest BCUT2D eigenvalue weighted by Gasteiger charge is -2.22. The highest BCUT2D eigenvalue weighted by Gasteiger charge is 2.44. The minimum absolute atomic E-state index is 0.0737. The van der Waals surface area contributed by atoms with Gasteiger partial charge in [-0.1, -0.05) is 30.3 Å². The maximum absolute atomic E-state index is 12.1. The zero-order valence-electron chi connectivity index (χ0n) is 12.6. The summed E-state index contributed by atoms with van der Waals surface area (Å²) in [5, 5.41) is 12.1. The smallest absolute Gasteiger partial charge is 0.320 e. The third-order valence-corrected chi connectivity index (χ3v) is 4.86. The van der Waals surface area contributed by atoms with Crippen LogP contribution in [0.2, 0.25) is 0 Å². The van der Waals surface area contributed by atoms with Gasteiger partial charge in [0.15, 0.2) is 0 Å². The van der Waals surface area contributed by atoms with Crippen LogP contribution < -0.4 is 5.32 Å². The van der Waals surface area contributed by atoms with Crippen molar-refractivity contribution < 1.29 is 14.7 Å². The molecule has 3 rings (SSSR count). The second-order valence-electron chi connectivity index (χ2n) is 6.39. The Morgan fingerprint density at radius 1 is 1.27 bits per heavy atom. The molecular formula is C17H22N2O3. The molecule has 0 aromatic heterocycles. The number of nitrogens with zero attached hydrogens (tertiary/aromatic N) is 1. The summed E-state index contributed by atoms with van der Waals surface area (Å²) in [6.45, 7) is 1.51. The Bertz CT molecular complexity index is 554. The number of likely N-dealkylation sites (tertiary alicyclic amines) is 1. The average molecular weight is 302 g/mol. The van der Waals surface area contributed by atoms with Gasteiger partial charge in [-0.15, -0.1) is 0 Å². The number of hydrogen-bond acceptors (Lipinski definition) is 3. The minimum Gasteiger partial charge on any atom is -0.480 e. The van der Waals surface area contributed by atoms with Crippen molar-refractivity contribution in [1.82, 2.24) is 10.2 Å². The Kier molecular flexibility index (Phi) is 4.16. The van der Waals surface area contributed by atoms with Crippen molar-refractivity contribution in [3.8, 4) is 0 Å². The second-order valence-corrected chi connectivity index (χ2v) is 6.39. The molecule has 1 aliphatic heterocycles. The fraction of sp³-hybridized carbons (Fsp3) is 0.529. The minimum atomic E-state index is -0.826. The lowest BCUT2D eigenvalue weighted by atomic mass is 9.96. The molecule has 2 N–H and O–H groups in total. The molecule has 1 atom stereocenters. The first kappa shape index (κ1) is 15.0. The molecule has 22 heavy (non-hydrogen) atoms. The zero-order valence-corrected chi connectivity index (χ0v) is 12.6. The van der Waals surface area contributed by atoms with Gasteiger partial charge in [-0.05, 0) is 37.8 Å². The van der Waals surface area contributed by atoms with E-state index in [1.54, 1.807) is 4.90 Å². The number of amides is 1. The van der Waals surface area contributed by atoms with Crippen molar-refractivity contribution in [2.45, 2.75) is 37.1 Å². The maximum atomic E-state index is 12.1. The number of carbonyl (C=O) groups excluding carboxylic acids is 1. The number of carboxylic acid groups (broad SMARTS) is 1. The van der Waals surface area contributed by atoms with E-state index in [0.29, 0.717) is 19.5 Å². The van der Waals surface area contributed by atoms with Crippen LogP contribution in [-0.2, 0) is 15.0 Å². The number of hydrogen-bond donors (Lipinski definition) is 2. The maximum Gasteiger partial charge on any atom is 0.320 e. The normalized spacial score (nSPS) is 23.2. The first-order chi connectivity index (χ1) is 10.6. The van der Waals surface area contributed by atoms with Crippen LogP contribution in [0.15, 0.2) is 30.3 Å². The Balaban J connectivity index is 1.52. The Hall–Kier alpha value is -1.88. The van der Waals surface area contributed by atoms with E-state index >= 15 is 0 Å². The predicted octanol–water partition coefficient (Wildman–Crippen LogP) is 1.38. The summed E-state index contributed by atoms with van der Waals surface area (Å²) >= 11 is 0. The molecule has 1 saturated heterocycles. The summed E-state index contributed by atoms with van der Waals surface area (Å²) in [6, 6.07) is 9.77. The van der Waals surface area contributed by atoms with Crippen LogP contribution in [0.5, 0.6) is 0 Å². The number of aliphatic carboxylic acids is 1. The van der Waals surface area contributed by atoms with E-state index in [1.165, 1.54) is 5.56 Å². The quantitative estimate of drug-likeness (QED) is 0.833. The van der Waals surface area contributed by atoms with Gasteiger partial charge in [0.05, 0.1) is 6.54 Å². The van der Waals surface area contributed by atoms with Gasteiger partial charge in [0, 0.05) is 12.0 Å². The predicted molar refractivity (Wildman–Crippen MR) is 82.6 cm³/mol. The molecule has 0 spiro atoms. The molecule has 0 radical (unpaired) electrons. The third-order valence-electron chi connectivity index (χ3n) is 4.86. The van der Waals surface area contributed by atoms with Crippen LogP contribution in [0.25, 0.3) is 0 Å². The Labute approximate surface area is 130 Å². The van der Waals surface area contributed by atoms with Crippen molar-refractivity contribution >= 4 is 11.9 Å².